The normalized spacial score (nSPS) is 12.2. The number of nitrogens with one attached hydrogen (secondary N) is 1. The van der Waals surface area contributed by atoms with E-state index in [-0.39, 0.29) is 6.61 Å². The first-order valence-corrected chi connectivity index (χ1v) is 7.03. The molecule has 0 heterocycles. The van der Waals surface area contributed by atoms with Gasteiger partial charge in [-0.05, 0) is 31.2 Å². The van der Waals surface area contributed by atoms with Crippen molar-refractivity contribution in [1.29, 1.82) is 0 Å². The van der Waals surface area contributed by atoms with Gasteiger partial charge in [-0.1, -0.05) is 13.8 Å². The summed E-state index contributed by atoms with van der Waals surface area (Å²) in [6.45, 7) is 5.97. The molecule has 1 aromatic carbocycles. The van der Waals surface area contributed by atoms with E-state index in [2.05, 4.69) is 19.2 Å². The summed E-state index contributed by atoms with van der Waals surface area (Å²) in [5, 5.41) is 12.3. The largest absolute Gasteiger partial charge is 0.493 e. The zero-order valence-corrected chi connectivity index (χ0v) is 12.0. The quantitative estimate of drug-likeness (QED) is 0.475. The van der Waals surface area contributed by atoms with E-state index in [1.54, 1.807) is 0 Å². The van der Waals surface area contributed by atoms with Gasteiger partial charge in [0.1, 0.15) is 5.75 Å². The molecule has 0 aliphatic heterocycles. The molecule has 4 N–H and O–H groups in total. The monoisotopic (exact) mass is 266 g/mol. The molecule has 4 heteroatoms. The highest BCUT2D eigenvalue weighted by Crippen LogP contribution is 2.22. The van der Waals surface area contributed by atoms with Crippen LogP contribution in [-0.4, -0.2) is 24.9 Å². The number of hydrogen-bond donors (Lipinski definition) is 3. The lowest BCUT2D eigenvalue weighted by Gasteiger charge is -2.12. The Morgan fingerprint density at radius 3 is 2.84 bits per heavy atom. The molecule has 0 aromatic heterocycles. The van der Waals surface area contributed by atoms with E-state index >= 15 is 0 Å². The number of aliphatic hydroxyl groups excluding tert-OH is 1. The summed E-state index contributed by atoms with van der Waals surface area (Å²) < 4.78 is 5.59. The third-order valence-corrected chi connectivity index (χ3v) is 2.92. The molecule has 4 nitrogen and oxygen atoms in total. The molecule has 0 aliphatic rings. The van der Waals surface area contributed by atoms with Crippen LogP contribution in [0.5, 0.6) is 5.75 Å². The first-order chi connectivity index (χ1) is 9.15. The summed E-state index contributed by atoms with van der Waals surface area (Å²) in [6.07, 6.45) is 3.03. The maximum atomic E-state index is 8.95. The molecule has 108 valence electrons. The van der Waals surface area contributed by atoms with Crippen molar-refractivity contribution in [3.05, 3.63) is 18.2 Å². The number of anilines is 2. The first kappa shape index (κ1) is 15.6. The van der Waals surface area contributed by atoms with Gasteiger partial charge in [-0.15, -0.1) is 0 Å². The van der Waals surface area contributed by atoms with Crippen LogP contribution in [0.1, 0.15) is 33.1 Å². The van der Waals surface area contributed by atoms with Crippen LogP contribution >= 0.6 is 0 Å². The van der Waals surface area contributed by atoms with Gasteiger partial charge >= 0.3 is 0 Å². The lowest BCUT2D eigenvalue weighted by molar-refractivity contribution is 0.229. The number of rotatable bonds is 9. The van der Waals surface area contributed by atoms with Crippen molar-refractivity contribution in [3.63, 3.8) is 0 Å². The van der Waals surface area contributed by atoms with Crippen LogP contribution in [-0.2, 0) is 0 Å². The van der Waals surface area contributed by atoms with Gasteiger partial charge < -0.3 is 20.9 Å². The highest BCUT2D eigenvalue weighted by molar-refractivity contribution is 5.59. The van der Waals surface area contributed by atoms with Crippen LogP contribution in [0.4, 0.5) is 11.4 Å². The van der Waals surface area contributed by atoms with E-state index in [0.29, 0.717) is 18.2 Å². The molecule has 1 unspecified atom stereocenters. The minimum atomic E-state index is 0.257. The average Bonchev–Trinajstić information content (AvgIpc) is 2.40. The Hall–Kier alpha value is -1.42. The molecule has 0 saturated heterocycles. The second-order valence-corrected chi connectivity index (χ2v) is 5.00. The summed E-state index contributed by atoms with van der Waals surface area (Å²) >= 11 is 0. The molecular weight excluding hydrogens is 240 g/mol. The molecule has 19 heavy (non-hydrogen) atoms. The van der Waals surface area contributed by atoms with Gasteiger partial charge in [0.05, 0.1) is 6.61 Å². The summed E-state index contributed by atoms with van der Waals surface area (Å²) in [5.41, 5.74) is 7.55. The van der Waals surface area contributed by atoms with Gasteiger partial charge in [0.15, 0.2) is 0 Å². The minimum Gasteiger partial charge on any atom is -0.493 e. The second kappa shape index (κ2) is 8.64. The SMILES string of the molecule is CCCOc1cc(N)cc(NCCCC(C)CO)c1. The Labute approximate surface area is 116 Å². The van der Waals surface area contributed by atoms with Gasteiger partial charge in [-0.3, -0.25) is 0 Å². The van der Waals surface area contributed by atoms with Crippen LogP contribution in [0.3, 0.4) is 0 Å². The maximum Gasteiger partial charge on any atom is 0.123 e. The fourth-order valence-corrected chi connectivity index (χ4v) is 1.80. The number of ether oxygens (including phenoxy) is 1. The van der Waals surface area contributed by atoms with Crippen molar-refractivity contribution >= 4 is 11.4 Å². The summed E-state index contributed by atoms with van der Waals surface area (Å²) in [7, 11) is 0. The van der Waals surface area contributed by atoms with Gasteiger partial charge in [0.2, 0.25) is 0 Å². The third kappa shape index (κ3) is 6.34. The first-order valence-electron chi connectivity index (χ1n) is 7.03. The molecule has 1 aromatic rings. The van der Waals surface area contributed by atoms with Crippen molar-refractivity contribution in [1.82, 2.24) is 0 Å². The van der Waals surface area contributed by atoms with Gasteiger partial charge in [-0.2, -0.15) is 0 Å². The molecule has 0 aliphatic carbocycles. The number of benzene rings is 1. The van der Waals surface area contributed by atoms with Crippen LogP contribution in [0, 0.1) is 5.92 Å². The molecule has 0 amide bonds. The summed E-state index contributed by atoms with van der Waals surface area (Å²) in [6, 6.07) is 5.73. The van der Waals surface area contributed by atoms with E-state index in [1.807, 2.05) is 18.2 Å². The van der Waals surface area contributed by atoms with Crippen molar-refractivity contribution in [2.45, 2.75) is 33.1 Å². The predicted molar refractivity (Wildman–Crippen MR) is 80.6 cm³/mol. The predicted octanol–water partition coefficient (Wildman–Crippen LogP) is 2.88. The van der Waals surface area contributed by atoms with Crippen LogP contribution in [0.25, 0.3) is 0 Å². The molecule has 1 atom stereocenters. The number of hydrogen-bond acceptors (Lipinski definition) is 4. The Morgan fingerprint density at radius 1 is 1.37 bits per heavy atom. The Balaban J connectivity index is 2.42. The molecule has 0 spiro atoms. The van der Waals surface area contributed by atoms with Crippen molar-refractivity contribution in [2.75, 3.05) is 30.8 Å². The molecule has 0 radical (unpaired) electrons. The lowest BCUT2D eigenvalue weighted by Crippen LogP contribution is -2.07. The minimum absolute atomic E-state index is 0.257. The fraction of sp³-hybridized carbons (Fsp3) is 0.600. The van der Waals surface area contributed by atoms with Crippen LogP contribution in [0.15, 0.2) is 18.2 Å². The fourth-order valence-electron chi connectivity index (χ4n) is 1.80. The van der Waals surface area contributed by atoms with Gasteiger partial charge in [0.25, 0.3) is 0 Å². The van der Waals surface area contributed by atoms with Crippen molar-refractivity contribution < 1.29 is 9.84 Å². The Morgan fingerprint density at radius 2 is 2.16 bits per heavy atom. The number of nitrogen functional groups attached to an aromatic ring is 1. The summed E-state index contributed by atoms with van der Waals surface area (Å²) in [5.74, 6) is 1.18. The molecular formula is C15H26N2O2. The Kier molecular flexibility index (Phi) is 7.11. The third-order valence-electron chi connectivity index (χ3n) is 2.92. The van der Waals surface area contributed by atoms with Crippen molar-refractivity contribution in [2.24, 2.45) is 5.92 Å². The molecule has 0 bridgehead atoms. The lowest BCUT2D eigenvalue weighted by atomic mass is 10.1. The molecule has 0 fully saturated rings. The van der Waals surface area contributed by atoms with Gasteiger partial charge in [0, 0.05) is 36.7 Å². The van der Waals surface area contributed by atoms with E-state index in [0.717, 1.165) is 37.2 Å². The topological polar surface area (TPSA) is 67.5 Å². The number of nitrogens with two attached hydrogens (primary N) is 1. The van der Waals surface area contributed by atoms with E-state index in [4.69, 9.17) is 15.6 Å². The highest BCUT2D eigenvalue weighted by atomic mass is 16.5. The van der Waals surface area contributed by atoms with Crippen LogP contribution < -0.4 is 15.8 Å². The van der Waals surface area contributed by atoms with E-state index in [1.165, 1.54) is 0 Å². The van der Waals surface area contributed by atoms with Crippen LogP contribution in [0.2, 0.25) is 0 Å². The highest BCUT2D eigenvalue weighted by Gasteiger charge is 2.02. The van der Waals surface area contributed by atoms with Gasteiger partial charge in [-0.25, -0.2) is 0 Å². The zero-order chi connectivity index (χ0) is 14.1. The molecule has 0 saturated carbocycles. The average molecular weight is 266 g/mol. The van der Waals surface area contributed by atoms with Crippen molar-refractivity contribution in [3.8, 4) is 5.75 Å². The Bertz CT molecular complexity index is 369. The standard InChI is InChI=1S/C15H26N2O2/c1-3-7-19-15-9-13(16)8-14(10-15)17-6-4-5-12(2)11-18/h8-10,12,17-18H,3-7,11,16H2,1-2H3. The van der Waals surface area contributed by atoms with E-state index < -0.39 is 0 Å². The number of aliphatic hydroxyl groups is 1. The second-order valence-electron chi connectivity index (χ2n) is 5.00. The smallest absolute Gasteiger partial charge is 0.123 e. The molecule has 1 rings (SSSR count). The van der Waals surface area contributed by atoms with E-state index in [9.17, 15) is 0 Å². The maximum absolute atomic E-state index is 8.95. The summed E-state index contributed by atoms with van der Waals surface area (Å²) in [4.78, 5) is 0. The zero-order valence-electron chi connectivity index (χ0n) is 12.0.